The highest BCUT2D eigenvalue weighted by atomic mass is 79.9. The molecular weight excluding hydrogens is 278 g/mol. The average Bonchev–Trinajstić information content (AvgIpc) is 2.98. The zero-order chi connectivity index (χ0) is 11.1. The summed E-state index contributed by atoms with van der Waals surface area (Å²) >= 11 is 3.47. The Morgan fingerprint density at radius 1 is 1.33 bits per heavy atom. The smallest absolute Gasteiger partial charge is 0.212 e. The Morgan fingerprint density at radius 3 is 2.27 bits per heavy atom. The molecular formula is C10H18BrNO2S. The molecule has 88 valence electrons. The number of hydrogen-bond acceptors (Lipinski definition) is 2. The van der Waals surface area contributed by atoms with Crippen LogP contribution in [-0.2, 0) is 10.0 Å². The minimum atomic E-state index is -3.00. The van der Waals surface area contributed by atoms with Gasteiger partial charge < -0.3 is 0 Å². The molecule has 0 bridgehead atoms. The van der Waals surface area contributed by atoms with E-state index in [4.69, 9.17) is 0 Å². The molecule has 1 aliphatic heterocycles. The van der Waals surface area contributed by atoms with Crippen LogP contribution in [0, 0.1) is 5.92 Å². The Hall–Kier alpha value is 0.390. The molecule has 1 saturated heterocycles. The van der Waals surface area contributed by atoms with Crippen LogP contribution in [0.5, 0.6) is 0 Å². The second-order valence-corrected chi connectivity index (χ2v) is 8.05. The lowest BCUT2D eigenvalue weighted by Gasteiger charge is -2.32. The van der Waals surface area contributed by atoms with Gasteiger partial charge in [-0.2, -0.15) is 0 Å². The van der Waals surface area contributed by atoms with E-state index >= 15 is 0 Å². The summed E-state index contributed by atoms with van der Waals surface area (Å²) < 4.78 is 25.6. The predicted octanol–water partition coefficient (Wildman–Crippen LogP) is 1.98. The van der Waals surface area contributed by atoms with Crippen molar-refractivity contribution in [2.24, 2.45) is 5.92 Å². The van der Waals surface area contributed by atoms with Crippen LogP contribution < -0.4 is 0 Å². The van der Waals surface area contributed by atoms with E-state index in [9.17, 15) is 8.42 Å². The van der Waals surface area contributed by atoms with E-state index in [0.29, 0.717) is 19.0 Å². The van der Waals surface area contributed by atoms with Gasteiger partial charge in [0.05, 0.1) is 4.75 Å². The van der Waals surface area contributed by atoms with Crippen LogP contribution in [0.1, 0.15) is 32.6 Å². The third-order valence-corrected chi connectivity index (χ3v) is 7.32. The van der Waals surface area contributed by atoms with Crippen LogP contribution in [-0.4, -0.2) is 35.9 Å². The summed E-state index contributed by atoms with van der Waals surface area (Å²) in [5, 5.41) is 0.998. The van der Waals surface area contributed by atoms with E-state index in [1.807, 2.05) is 6.92 Å². The zero-order valence-electron chi connectivity index (χ0n) is 9.08. The minimum absolute atomic E-state index is 0.422. The van der Waals surface area contributed by atoms with E-state index in [0.717, 1.165) is 31.0 Å². The van der Waals surface area contributed by atoms with Crippen molar-refractivity contribution in [1.29, 1.82) is 0 Å². The van der Waals surface area contributed by atoms with Gasteiger partial charge in [0, 0.05) is 18.4 Å². The van der Waals surface area contributed by atoms with Gasteiger partial charge in [0.2, 0.25) is 10.0 Å². The molecule has 3 nitrogen and oxygen atoms in total. The fraction of sp³-hybridized carbons (Fsp3) is 1.00. The first-order valence-corrected chi connectivity index (χ1v) is 8.11. The van der Waals surface area contributed by atoms with Crippen LogP contribution in [0.25, 0.3) is 0 Å². The molecule has 1 heterocycles. The summed E-state index contributed by atoms with van der Waals surface area (Å²) in [4.78, 5) is 0. The number of halogens is 1. The molecule has 1 aliphatic carbocycles. The van der Waals surface area contributed by atoms with Crippen molar-refractivity contribution in [3.05, 3.63) is 0 Å². The predicted molar refractivity (Wildman–Crippen MR) is 64.6 cm³/mol. The number of piperidine rings is 1. The summed E-state index contributed by atoms with van der Waals surface area (Å²) in [5.41, 5.74) is 0. The molecule has 0 spiro atoms. The Balaban J connectivity index is 2.01. The van der Waals surface area contributed by atoms with Crippen LogP contribution in [0.4, 0.5) is 0 Å². The van der Waals surface area contributed by atoms with E-state index in [1.165, 1.54) is 0 Å². The molecule has 0 N–H and O–H groups in total. The molecule has 5 heteroatoms. The quantitative estimate of drug-likeness (QED) is 0.747. The van der Waals surface area contributed by atoms with E-state index in [1.54, 1.807) is 4.31 Å². The molecule has 1 saturated carbocycles. The lowest BCUT2D eigenvalue weighted by molar-refractivity contribution is 0.289. The molecule has 0 aromatic carbocycles. The molecule has 0 amide bonds. The van der Waals surface area contributed by atoms with Crippen molar-refractivity contribution in [3.8, 4) is 0 Å². The highest BCUT2D eigenvalue weighted by Gasteiger charge is 2.52. The first-order chi connectivity index (χ1) is 6.99. The highest BCUT2D eigenvalue weighted by molar-refractivity contribution is 9.09. The fourth-order valence-corrected chi connectivity index (χ4v) is 4.63. The number of nitrogens with zero attached hydrogens (tertiary/aromatic N) is 1. The summed E-state index contributed by atoms with van der Waals surface area (Å²) in [5.74, 6) is 0.656. The van der Waals surface area contributed by atoms with Gasteiger partial charge in [-0.15, -0.1) is 0 Å². The summed E-state index contributed by atoms with van der Waals surface area (Å²) in [7, 11) is -3.00. The zero-order valence-corrected chi connectivity index (χ0v) is 11.5. The van der Waals surface area contributed by atoms with Gasteiger partial charge >= 0.3 is 0 Å². The van der Waals surface area contributed by atoms with Gasteiger partial charge in [0.15, 0.2) is 0 Å². The summed E-state index contributed by atoms with van der Waals surface area (Å²) in [6, 6.07) is 0. The van der Waals surface area contributed by atoms with Crippen LogP contribution in [0.15, 0.2) is 0 Å². The molecule has 0 aromatic rings. The lowest BCUT2D eigenvalue weighted by Crippen LogP contribution is -2.43. The second-order valence-electron chi connectivity index (χ2n) is 4.95. The summed E-state index contributed by atoms with van der Waals surface area (Å²) in [6.07, 6.45) is 3.68. The number of sulfonamides is 1. The molecule has 0 aromatic heterocycles. The fourth-order valence-electron chi connectivity index (χ4n) is 2.05. The van der Waals surface area contributed by atoms with Gasteiger partial charge in [0.1, 0.15) is 0 Å². The molecule has 2 aliphatic rings. The summed E-state index contributed by atoms with van der Waals surface area (Å²) in [6.45, 7) is 3.31. The molecule has 0 atom stereocenters. The Bertz CT molecular complexity index is 329. The van der Waals surface area contributed by atoms with Crippen LogP contribution in [0.2, 0.25) is 0 Å². The van der Waals surface area contributed by atoms with Crippen molar-refractivity contribution in [3.63, 3.8) is 0 Å². The Kier molecular flexibility index (Phi) is 3.17. The van der Waals surface area contributed by atoms with Crippen molar-refractivity contribution < 1.29 is 8.42 Å². The second kappa shape index (κ2) is 4.00. The largest absolute Gasteiger partial charge is 0.219 e. The van der Waals surface area contributed by atoms with Gasteiger partial charge in [0.25, 0.3) is 0 Å². The van der Waals surface area contributed by atoms with E-state index in [-0.39, 0.29) is 0 Å². The first kappa shape index (κ1) is 11.9. The third kappa shape index (κ3) is 2.11. The van der Waals surface area contributed by atoms with E-state index in [2.05, 4.69) is 15.9 Å². The molecule has 15 heavy (non-hydrogen) atoms. The maximum atomic E-state index is 12.2. The van der Waals surface area contributed by atoms with Crippen molar-refractivity contribution >= 4 is 26.0 Å². The van der Waals surface area contributed by atoms with Gasteiger partial charge in [-0.25, -0.2) is 12.7 Å². The van der Waals surface area contributed by atoms with Gasteiger partial charge in [-0.1, -0.05) is 15.9 Å². The molecule has 0 radical (unpaired) electrons. The monoisotopic (exact) mass is 295 g/mol. The van der Waals surface area contributed by atoms with Crippen molar-refractivity contribution in [2.45, 2.75) is 37.4 Å². The van der Waals surface area contributed by atoms with E-state index < -0.39 is 14.8 Å². The Morgan fingerprint density at radius 2 is 1.87 bits per heavy atom. The van der Waals surface area contributed by atoms with Gasteiger partial charge in [-0.3, -0.25) is 0 Å². The lowest BCUT2D eigenvalue weighted by atomic mass is 10.0. The SMILES string of the molecule is CC1(S(=O)(=O)N2CCC(CBr)CC2)CC1. The molecule has 0 unspecified atom stereocenters. The van der Waals surface area contributed by atoms with Crippen molar-refractivity contribution in [2.75, 3.05) is 18.4 Å². The van der Waals surface area contributed by atoms with Gasteiger partial charge in [-0.05, 0) is 38.5 Å². The molecule has 2 rings (SSSR count). The number of alkyl halides is 1. The standard InChI is InChI=1S/C10H18BrNO2S/c1-10(4-5-10)15(13,14)12-6-2-9(8-11)3-7-12/h9H,2-8H2,1H3. The van der Waals surface area contributed by atoms with Crippen molar-refractivity contribution in [1.82, 2.24) is 4.31 Å². The van der Waals surface area contributed by atoms with Crippen LogP contribution >= 0.6 is 15.9 Å². The number of hydrogen-bond donors (Lipinski definition) is 0. The average molecular weight is 296 g/mol. The maximum absolute atomic E-state index is 12.2. The maximum Gasteiger partial charge on any atom is 0.219 e. The Labute approximate surface area is 100 Å². The third-order valence-electron chi connectivity index (χ3n) is 3.71. The normalized spacial score (nSPS) is 27.9. The van der Waals surface area contributed by atoms with Crippen LogP contribution in [0.3, 0.4) is 0 Å². The highest BCUT2D eigenvalue weighted by Crippen LogP contribution is 2.45. The number of rotatable bonds is 3. The topological polar surface area (TPSA) is 37.4 Å². The first-order valence-electron chi connectivity index (χ1n) is 5.55. The minimum Gasteiger partial charge on any atom is -0.212 e. The molecule has 2 fully saturated rings.